The molecule has 2 aromatic rings. The molecule has 0 amide bonds. The second kappa shape index (κ2) is 5.44. The summed E-state index contributed by atoms with van der Waals surface area (Å²) < 4.78 is 44.0. The summed E-state index contributed by atoms with van der Waals surface area (Å²) in [6, 6.07) is 2.04. The molecule has 1 unspecified atom stereocenters. The van der Waals surface area contributed by atoms with E-state index >= 15 is 0 Å². The smallest absolute Gasteiger partial charge is 0.416 e. The van der Waals surface area contributed by atoms with Crippen LogP contribution in [0.15, 0.2) is 41.5 Å². The maximum Gasteiger partial charge on any atom is 0.416 e. The fourth-order valence-corrected chi connectivity index (χ4v) is 1.95. The van der Waals surface area contributed by atoms with Crippen LogP contribution < -0.4 is 5.32 Å². The predicted octanol–water partition coefficient (Wildman–Crippen LogP) is 3.39. The van der Waals surface area contributed by atoms with Crippen LogP contribution in [0.2, 0.25) is 0 Å². The summed E-state index contributed by atoms with van der Waals surface area (Å²) in [7, 11) is 0. The van der Waals surface area contributed by atoms with Crippen molar-refractivity contribution in [2.24, 2.45) is 0 Å². The lowest BCUT2D eigenvalue weighted by atomic mass is 9.98. The van der Waals surface area contributed by atoms with Gasteiger partial charge in [-0.15, -0.1) is 0 Å². The molecule has 2 heterocycles. The first-order valence-electron chi connectivity index (χ1n) is 5.80. The lowest BCUT2D eigenvalue weighted by Gasteiger charge is -2.20. The molecule has 0 aliphatic carbocycles. The Hall–Kier alpha value is -1.82. The third-order valence-corrected chi connectivity index (χ3v) is 2.75. The average Bonchev–Trinajstić information content (AvgIpc) is 2.88. The van der Waals surface area contributed by atoms with Crippen molar-refractivity contribution in [2.75, 3.05) is 6.54 Å². The van der Waals surface area contributed by atoms with Gasteiger partial charge >= 0.3 is 6.18 Å². The number of hydrogen-bond acceptors (Lipinski definition) is 3. The van der Waals surface area contributed by atoms with Gasteiger partial charge in [-0.05, 0) is 18.7 Å². The molecule has 1 N–H and O–H groups in total. The zero-order valence-corrected chi connectivity index (χ0v) is 10.2. The first kappa shape index (κ1) is 13.6. The minimum atomic E-state index is -4.41. The van der Waals surface area contributed by atoms with Crippen LogP contribution in [0.5, 0.6) is 0 Å². The van der Waals surface area contributed by atoms with E-state index in [1.54, 1.807) is 6.07 Å². The fourth-order valence-electron chi connectivity index (χ4n) is 1.95. The number of hydrogen-bond donors (Lipinski definition) is 1. The van der Waals surface area contributed by atoms with E-state index in [9.17, 15) is 13.2 Å². The van der Waals surface area contributed by atoms with E-state index in [4.69, 9.17) is 4.42 Å². The summed E-state index contributed by atoms with van der Waals surface area (Å²) in [5, 5.41) is 3.01. The monoisotopic (exact) mass is 270 g/mol. The van der Waals surface area contributed by atoms with Crippen molar-refractivity contribution in [3.63, 3.8) is 0 Å². The molecule has 2 aromatic heterocycles. The first-order valence-corrected chi connectivity index (χ1v) is 5.80. The Morgan fingerprint density at radius 2 is 2.16 bits per heavy atom. The largest absolute Gasteiger partial charge is 0.472 e. The van der Waals surface area contributed by atoms with Crippen molar-refractivity contribution in [3.8, 4) is 0 Å². The lowest BCUT2D eigenvalue weighted by Crippen LogP contribution is -2.24. The molecule has 0 aliphatic rings. The van der Waals surface area contributed by atoms with Crippen molar-refractivity contribution < 1.29 is 17.6 Å². The van der Waals surface area contributed by atoms with Crippen LogP contribution in [0.1, 0.15) is 29.7 Å². The van der Waals surface area contributed by atoms with Crippen LogP contribution in [-0.4, -0.2) is 11.5 Å². The third-order valence-electron chi connectivity index (χ3n) is 2.75. The number of halogens is 3. The van der Waals surface area contributed by atoms with Crippen LogP contribution in [0.3, 0.4) is 0 Å². The molecule has 0 saturated carbocycles. The Morgan fingerprint density at radius 1 is 1.37 bits per heavy atom. The molecule has 0 spiro atoms. The highest BCUT2D eigenvalue weighted by atomic mass is 19.4. The summed E-state index contributed by atoms with van der Waals surface area (Å²) >= 11 is 0. The molecule has 0 fully saturated rings. The molecule has 2 rings (SSSR count). The quantitative estimate of drug-likeness (QED) is 0.925. The lowest BCUT2D eigenvalue weighted by molar-refractivity contribution is -0.138. The summed E-state index contributed by atoms with van der Waals surface area (Å²) in [6.07, 6.45) is 0.841. The number of nitrogens with zero attached hydrogens (tertiary/aromatic N) is 1. The summed E-state index contributed by atoms with van der Waals surface area (Å²) in [6.45, 7) is 2.36. The SMILES string of the molecule is CCNC(c1ccoc1)c1cnccc1C(F)(F)F. The topological polar surface area (TPSA) is 38.1 Å². The van der Waals surface area contributed by atoms with Crippen molar-refractivity contribution in [1.29, 1.82) is 0 Å². The highest BCUT2D eigenvalue weighted by Crippen LogP contribution is 2.36. The Kier molecular flexibility index (Phi) is 3.90. The summed E-state index contributed by atoms with van der Waals surface area (Å²) in [5.41, 5.74) is 0.0493. The van der Waals surface area contributed by atoms with Crippen LogP contribution >= 0.6 is 0 Å². The molecule has 1 atom stereocenters. The van der Waals surface area contributed by atoms with Crippen LogP contribution in [-0.2, 0) is 6.18 Å². The standard InChI is InChI=1S/C13H13F3N2O/c1-2-18-12(9-4-6-19-8-9)10-7-17-5-3-11(10)13(14,15)16/h3-8,12,18H,2H2,1H3. The second-order valence-corrected chi connectivity index (χ2v) is 4.01. The van der Waals surface area contributed by atoms with Gasteiger partial charge in [-0.1, -0.05) is 6.92 Å². The summed E-state index contributed by atoms with van der Waals surface area (Å²) in [4.78, 5) is 3.80. The zero-order valence-electron chi connectivity index (χ0n) is 10.2. The number of rotatable bonds is 4. The Balaban J connectivity index is 2.48. The second-order valence-electron chi connectivity index (χ2n) is 4.01. The van der Waals surface area contributed by atoms with Gasteiger partial charge in [0, 0.05) is 23.5 Å². The van der Waals surface area contributed by atoms with E-state index in [1.807, 2.05) is 6.92 Å². The molecule has 0 aromatic carbocycles. The average molecular weight is 270 g/mol. The van der Waals surface area contributed by atoms with Gasteiger partial charge in [0.15, 0.2) is 0 Å². The maximum absolute atomic E-state index is 13.0. The van der Waals surface area contributed by atoms with Crippen molar-refractivity contribution in [1.82, 2.24) is 10.3 Å². The molecule has 0 saturated heterocycles. The van der Waals surface area contributed by atoms with Gasteiger partial charge in [-0.2, -0.15) is 13.2 Å². The number of furan rings is 1. The number of aromatic nitrogens is 1. The highest BCUT2D eigenvalue weighted by molar-refractivity contribution is 5.35. The fraction of sp³-hybridized carbons (Fsp3) is 0.308. The van der Waals surface area contributed by atoms with Gasteiger partial charge in [-0.25, -0.2) is 0 Å². The van der Waals surface area contributed by atoms with Crippen LogP contribution in [0.25, 0.3) is 0 Å². The van der Waals surface area contributed by atoms with Gasteiger partial charge in [0.1, 0.15) is 0 Å². The summed E-state index contributed by atoms with van der Waals surface area (Å²) in [5.74, 6) is 0. The Morgan fingerprint density at radius 3 is 2.74 bits per heavy atom. The van der Waals surface area contributed by atoms with Gasteiger partial charge in [-0.3, -0.25) is 4.98 Å². The molecule has 19 heavy (non-hydrogen) atoms. The molecule has 0 aliphatic heterocycles. The van der Waals surface area contributed by atoms with E-state index in [-0.39, 0.29) is 5.56 Å². The molecular weight excluding hydrogens is 257 g/mol. The molecule has 102 valence electrons. The molecule has 6 heteroatoms. The molecule has 0 bridgehead atoms. The highest BCUT2D eigenvalue weighted by Gasteiger charge is 2.35. The number of alkyl halides is 3. The normalized spacial score (nSPS) is 13.5. The van der Waals surface area contributed by atoms with E-state index < -0.39 is 17.8 Å². The van der Waals surface area contributed by atoms with Crippen molar-refractivity contribution in [3.05, 3.63) is 53.7 Å². The van der Waals surface area contributed by atoms with Gasteiger partial charge in [0.25, 0.3) is 0 Å². The molecule has 0 radical (unpaired) electrons. The van der Waals surface area contributed by atoms with Gasteiger partial charge in [0.2, 0.25) is 0 Å². The maximum atomic E-state index is 13.0. The van der Waals surface area contributed by atoms with E-state index in [1.165, 1.54) is 18.7 Å². The van der Waals surface area contributed by atoms with Crippen LogP contribution in [0, 0.1) is 0 Å². The predicted molar refractivity (Wildman–Crippen MR) is 63.5 cm³/mol. The van der Waals surface area contributed by atoms with Crippen molar-refractivity contribution in [2.45, 2.75) is 19.1 Å². The van der Waals surface area contributed by atoms with Gasteiger partial charge in [0.05, 0.1) is 24.1 Å². The Bertz CT molecular complexity index is 523. The van der Waals surface area contributed by atoms with E-state index in [2.05, 4.69) is 10.3 Å². The Labute approximate surface area is 108 Å². The molecule has 3 nitrogen and oxygen atoms in total. The minimum Gasteiger partial charge on any atom is -0.472 e. The zero-order chi connectivity index (χ0) is 13.9. The van der Waals surface area contributed by atoms with Gasteiger partial charge < -0.3 is 9.73 Å². The number of pyridine rings is 1. The van der Waals surface area contributed by atoms with E-state index in [0.717, 1.165) is 12.3 Å². The molecular formula is C13H13F3N2O. The minimum absolute atomic E-state index is 0.0956. The number of nitrogens with one attached hydrogen (secondary N) is 1. The van der Waals surface area contributed by atoms with E-state index in [0.29, 0.717) is 12.1 Å². The van der Waals surface area contributed by atoms with Crippen molar-refractivity contribution >= 4 is 0 Å². The first-order chi connectivity index (χ1) is 9.04. The van der Waals surface area contributed by atoms with Crippen LogP contribution in [0.4, 0.5) is 13.2 Å². The third kappa shape index (κ3) is 2.96.